The van der Waals surface area contributed by atoms with Gasteiger partial charge in [-0.2, -0.15) is 0 Å². The molecule has 4 aromatic rings. The van der Waals surface area contributed by atoms with E-state index in [2.05, 4.69) is 20.3 Å². The first-order valence-electron chi connectivity index (χ1n) is 11.5. The van der Waals surface area contributed by atoms with Crippen LogP contribution in [0.4, 0.5) is 11.4 Å². The van der Waals surface area contributed by atoms with Crippen LogP contribution in [-0.2, 0) is 9.53 Å². The van der Waals surface area contributed by atoms with Crippen LogP contribution in [0.25, 0.3) is 17.0 Å². The van der Waals surface area contributed by atoms with Gasteiger partial charge in [-0.3, -0.25) is 19.0 Å². The normalized spacial score (nSPS) is 12.8. The van der Waals surface area contributed by atoms with Crippen molar-refractivity contribution in [3.63, 3.8) is 0 Å². The Morgan fingerprint density at radius 1 is 1.11 bits per heavy atom. The molecule has 0 spiro atoms. The molecule has 1 aliphatic rings. The fraction of sp³-hybridized carbons (Fsp3) is 0.231. The highest BCUT2D eigenvalue weighted by Crippen LogP contribution is 2.34. The molecule has 182 valence electrons. The molecule has 36 heavy (non-hydrogen) atoms. The van der Waals surface area contributed by atoms with Crippen LogP contribution in [0.2, 0.25) is 0 Å². The molecule has 1 aromatic carbocycles. The number of esters is 1. The summed E-state index contributed by atoms with van der Waals surface area (Å²) >= 11 is 0. The molecule has 3 aromatic heterocycles. The summed E-state index contributed by atoms with van der Waals surface area (Å²) in [6.07, 6.45) is 10.2. The molecule has 10 heteroatoms. The molecule has 3 heterocycles. The van der Waals surface area contributed by atoms with Crippen LogP contribution >= 0.6 is 0 Å². The smallest absolute Gasteiger partial charge is 0.340 e. The number of rotatable bonds is 7. The number of benzene rings is 1. The average molecular weight is 485 g/mol. The molecule has 5 rings (SSSR count). The third-order valence-electron chi connectivity index (χ3n) is 6.04. The van der Waals surface area contributed by atoms with Crippen molar-refractivity contribution < 1.29 is 19.1 Å². The highest BCUT2D eigenvalue weighted by Gasteiger charge is 2.29. The van der Waals surface area contributed by atoms with Gasteiger partial charge >= 0.3 is 5.97 Å². The van der Waals surface area contributed by atoms with Crippen LogP contribution in [0.15, 0.2) is 61.3 Å². The lowest BCUT2D eigenvalue weighted by Crippen LogP contribution is -2.32. The Balaban J connectivity index is 1.38. The number of pyridine rings is 1. The Hall–Kier alpha value is -4.60. The minimum atomic E-state index is -0.534. The van der Waals surface area contributed by atoms with Crippen LogP contribution in [-0.4, -0.2) is 50.8 Å². The van der Waals surface area contributed by atoms with Gasteiger partial charge in [-0.15, -0.1) is 0 Å². The van der Waals surface area contributed by atoms with Crippen LogP contribution in [0.5, 0.6) is 0 Å². The first kappa shape index (κ1) is 23.2. The highest BCUT2D eigenvalue weighted by molar-refractivity contribution is 6.04. The number of methoxy groups -OCH3 is 1. The number of carbonyl (C=O) groups is 3. The van der Waals surface area contributed by atoms with Crippen molar-refractivity contribution in [1.29, 1.82) is 0 Å². The molecular weight excluding hydrogens is 460 g/mol. The van der Waals surface area contributed by atoms with Gasteiger partial charge in [0.05, 0.1) is 41.5 Å². The lowest BCUT2D eigenvalue weighted by atomic mass is 10.0. The van der Waals surface area contributed by atoms with Gasteiger partial charge in [-0.05, 0) is 43.0 Å². The molecule has 1 fully saturated rings. The van der Waals surface area contributed by atoms with Crippen molar-refractivity contribution in [2.24, 2.45) is 5.92 Å². The second-order valence-corrected chi connectivity index (χ2v) is 8.66. The maximum atomic E-state index is 12.7. The van der Waals surface area contributed by atoms with E-state index in [0.29, 0.717) is 46.4 Å². The largest absolute Gasteiger partial charge is 0.465 e. The number of ether oxygens (including phenoxy) is 1. The standard InChI is InChI=1S/C26H24N6O4/c1-16(33)32(14-17-3-4-17)23-8-6-18(11-21(23)25(35)36-2)22-7-5-19(12-28-22)24(34)30-20-13-29-26-27-9-10-31(26)15-20/h5-13,15,17H,3-4,14H2,1-2H3,(H,30,34). The fourth-order valence-electron chi connectivity index (χ4n) is 3.94. The van der Waals surface area contributed by atoms with E-state index in [1.807, 2.05) is 0 Å². The molecule has 2 amide bonds. The lowest BCUT2D eigenvalue weighted by molar-refractivity contribution is -0.116. The first-order chi connectivity index (χ1) is 17.4. The molecular formula is C26H24N6O4. The van der Waals surface area contributed by atoms with Gasteiger partial charge in [0.25, 0.3) is 5.91 Å². The zero-order valence-electron chi connectivity index (χ0n) is 19.8. The molecule has 0 unspecified atom stereocenters. The lowest BCUT2D eigenvalue weighted by Gasteiger charge is -2.23. The maximum Gasteiger partial charge on any atom is 0.340 e. The molecule has 0 radical (unpaired) electrons. The first-order valence-corrected chi connectivity index (χ1v) is 11.5. The number of fused-ring (bicyclic) bond motifs is 1. The van der Waals surface area contributed by atoms with Gasteiger partial charge < -0.3 is 15.0 Å². The monoisotopic (exact) mass is 484 g/mol. The summed E-state index contributed by atoms with van der Waals surface area (Å²) in [6, 6.07) is 8.57. The second kappa shape index (κ2) is 9.57. The number of amides is 2. The number of aromatic nitrogens is 4. The number of hydrogen-bond donors (Lipinski definition) is 1. The van der Waals surface area contributed by atoms with E-state index in [-0.39, 0.29) is 17.4 Å². The van der Waals surface area contributed by atoms with E-state index in [9.17, 15) is 14.4 Å². The molecule has 0 atom stereocenters. The van der Waals surface area contributed by atoms with E-state index >= 15 is 0 Å². The van der Waals surface area contributed by atoms with Crippen LogP contribution in [0.3, 0.4) is 0 Å². The predicted molar refractivity (Wildman–Crippen MR) is 133 cm³/mol. The Kier molecular flexibility index (Phi) is 6.16. The summed E-state index contributed by atoms with van der Waals surface area (Å²) in [5, 5.41) is 2.79. The van der Waals surface area contributed by atoms with E-state index in [0.717, 1.165) is 12.8 Å². The van der Waals surface area contributed by atoms with Crippen LogP contribution in [0, 0.1) is 5.92 Å². The summed E-state index contributed by atoms with van der Waals surface area (Å²) in [4.78, 5) is 51.9. The quantitative estimate of drug-likeness (QED) is 0.398. The SMILES string of the molecule is COC(=O)c1cc(-c2ccc(C(=O)Nc3cnc4nccn4c3)cn2)ccc1N(CC1CC1)C(C)=O. The minimum Gasteiger partial charge on any atom is -0.465 e. The van der Waals surface area contributed by atoms with Crippen molar-refractivity contribution in [2.45, 2.75) is 19.8 Å². The Labute approximate surface area is 207 Å². The van der Waals surface area contributed by atoms with E-state index < -0.39 is 5.97 Å². The minimum absolute atomic E-state index is 0.129. The molecule has 0 aliphatic heterocycles. The van der Waals surface area contributed by atoms with Gasteiger partial charge in [-0.1, -0.05) is 6.07 Å². The van der Waals surface area contributed by atoms with Gasteiger partial charge in [0, 0.05) is 43.8 Å². The Morgan fingerprint density at radius 2 is 1.94 bits per heavy atom. The van der Waals surface area contributed by atoms with Crippen molar-refractivity contribution in [3.8, 4) is 11.3 Å². The van der Waals surface area contributed by atoms with Crippen molar-refractivity contribution in [1.82, 2.24) is 19.4 Å². The van der Waals surface area contributed by atoms with Crippen molar-refractivity contribution in [3.05, 3.63) is 72.4 Å². The number of carbonyl (C=O) groups excluding carboxylic acids is 3. The molecule has 1 aliphatic carbocycles. The van der Waals surface area contributed by atoms with Gasteiger partial charge in [0.15, 0.2) is 0 Å². The second-order valence-electron chi connectivity index (χ2n) is 8.66. The van der Waals surface area contributed by atoms with Crippen molar-refractivity contribution >= 4 is 34.9 Å². The van der Waals surface area contributed by atoms with Crippen molar-refractivity contribution in [2.75, 3.05) is 23.9 Å². The predicted octanol–water partition coefficient (Wildman–Crippen LogP) is 3.59. The third-order valence-corrected chi connectivity index (χ3v) is 6.04. The number of hydrogen-bond acceptors (Lipinski definition) is 7. The number of nitrogens with zero attached hydrogens (tertiary/aromatic N) is 5. The Morgan fingerprint density at radius 3 is 2.64 bits per heavy atom. The maximum absolute atomic E-state index is 12.7. The third kappa shape index (κ3) is 4.78. The van der Waals surface area contributed by atoms with E-state index in [4.69, 9.17) is 4.74 Å². The number of nitrogens with one attached hydrogen (secondary N) is 1. The Bertz CT molecular complexity index is 1460. The number of anilines is 2. The summed E-state index contributed by atoms with van der Waals surface area (Å²) in [7, 11) is 1.31. The molecule has 1 saturated carbocycles. The molecule has 0 saturated heterocycles. The summed E-state index contributed by atoms with van der Waals surface area (Å²) in [5.74, 6) is -0.00506. The average Bonchev–Trinajstić information content (AvgIpc) is 3.60. The molecule has 10 nitrogen and oxygen atoms in total. The topological polar surface area (TPSA) is 119 Å². The highest BCUT2D eigenvalue weighted by atomic mass is 16.5. The van der Waals surface area contributed by atoms with Crippen LogP contribution < -0.4 is 10.2 Å². The van der Waals surface area contributed by atoms with E-state index in [1.54, 1.807) is 58.2 Å². The zero-order valence-corrected chi connectivity index (χ0v) is 19.8. The zero-order chi connectivity index (χ0) is 25.2. The molecule has 0 bridgehead atoms. The van der Waals surface area contributed by atoms with Crippen LogP contribution in [0.1, 0.15) is 40.5 Å². The summed E-state index contributed by atoms with van der Waals surface area (Å²) < 4.78 is 6.69. The molecule has 1 N–H and O–H groups in total. The van der Waals surface area contributed by atoms with Gasteiger partial charge in [0.1, 0.15) is 0 Å². The summed E-state index contributed by atoms with van der Waals surface area (Å²) in [6.45, 7) is 2.07. The van der Waals surface area contributed by atoms with E-state index in [1.165, 1.54) is 26.4 Å². The summed E-state index contributed by atoms with van der Waals surface area (Å²) in [5.41, 5.74) is 2.93. The number of imidazole rings is 1. The van der Waals surface area contributed by atoms with Gasteiger partial charge in [0.2, 0.25) is 11.7 Å². The van der Waals surface area contributed by atoms with Gasteiger partial charge in [-0.25, -0.2) is 14.8 Å². The fourth-order valence-corrected chi connectivity index (χ4v) is 3.94.